The van der Waals surface area contributed by atoms with Crippen molar-refractivity contribution in [3.63, 3.8) is 0 Å². The maximum Gasteiger partial charge on any atom is 0.251 e. The number of rotatable bonds is 5. The standard InChI is InChI=1S/C15H21NO/c1-3-13(2)11-12-16-15(17)14-9-7-5-4-6-8-10-14/h4-10,13H,3,11-12H2,1-2H3,(H,16,17)/b5-4-,6-4?,7-5?,8-6-,9-7-,10-8?,14-9?,14-10+/t13-/m0/s1. The Hall–Kier alpha value is -1.57. The normalized spacial score (nSPS) is 24.7. The van der Waals surface area contributed by atoms with Crippen LogP contribution in [-0.2, 0) is 4.79 Å². The van der Waals surface area contributed by atoms with Crippen LogP contribution in [0.4, 0.5) is 0 Å². The second-order valence-corrected chi connectivity index (χ2v) is 4.31. The highest BCUT2D eigenvalue weighted by Crippen LogP contribution is 2.06. The summed E-state index contributed by atoms with van der Waals surface area (Å²) >= 11 is 0. The van der Waals surface area contributed by atoms with Gasteiger partial charge in [-0.2, -0.15) is 0 Å². The van der Waals surface area contributed by atoms with Crippen LogP contribution in [0.1, 0.15) is 26.7 Å². The van der Waals surface area contributed by atoms with E-state index in [9.17, 15) is 4.79 Å². The number of carbonyl (C=O) groups excluding carboxylic acids is 1. The van der Waals surface area contributed by atoms with Crippen LogP contribution in [0.3, 0.4) is 0 Å². The Labute approximate surface area is 104 Å². The van der Waals surface area contributed by atoms with E-state index in [4.69, 9.17) is 0 Å². The molecule has 0 heterocycles. The van der Waals surface area contributed by atoms with Crippen LogP contribution in [0.2, 0.25) is 0 Å². The van der Waals surface area contributed by atoms with Gasteiger partial charge in [-0.25, -0.2) is 0 Å². The number of allylic oxidation sites excluding steroid dienone is 6. The minimum atomic E-state index is 0.00417. The van der Waals surface area contributed by atoms with Crippen molar-refractivity contribution in [1.29, 1.82) is 0 Å². The molecule has 0 radical (unpaired) electrons. The highest BCUT2D eigenvalue weighted by molar-refractivity contribution is 5.96. The second-order valence-electron chi connectivity index (χ2n) is 4.31. The van der Waals surface area contributed by atoms with E-state index < -0.39 is 0 Å². The zero-order valence-electron chi connectivity index (χ0n) is 10.6. The fourth-order valence-electron chi connectivity index (χ4n) is 1.46. The van der Waals surface area contributed by atoms with Crippen molar-refractivity contribution in [1.82, 2.24) is 5.32 Å². The average molecular weight is 231 g/mol. The lowest BCUT2D eigenvalue weighted by atomic mass is 10.1. The molecule has 1 N–H and O–H groups in total. The van der Waals surface area contributed by atoms with Crippen LogP contribution in [0.25, 0.3) is 0 Å². The molecule has 0 bridgehead atoms. The van der Waals surface area contributed by atoms with Crippen molar-refractivity contribution in [3.05, 3.63) is 48.1 Å². The molecular weight excluding hydrogens is 210 g/mol. The quantitative estimate of drug-likeness (QED) is 0.773. The smallest absolute Gasteiger partial charge is 0.251 e. The molecule has 2 nitrogen and oxygen atoms in total. The number of nitrogens with one attached hydrogen (secondary N) is 1. The Balaban J connectivity index is 2.42. The monoisotopic (exact) mass is 231 g/mol. The van der Waals surface area contributed by atoms with E-state index in [-0.39, 0.29) is 5.91 Å². The van der Waals surface area contributed by atoms with Crippen LogP contribution >= 0.6 is 0 Å². The van der Waals surface area contributed by atoms with E-state index in [1.807, 2.05) is 42.5 Å². The molecule has 2 heteroatoms. The maximum absolute atomic E-state index is 11.8. The van der Waals surface area contributed by atoms with Crippen LogP contribution in [0.5, 0.6) is 0 Å². The Bertz CT molecular complexity index is 361. The summed E-state index contributed by atoms with van der Waals surface area (Å²) in [6.45, 7) is 5.12. The molecule has 1 atom stereocenters. The molecule has 0 saturated heterocycles. The molecule has 0 spiro atoms. The molecule has 0 aromatic rings. The molecule has 0 saturated carbocycles. The van der Waals surface area contributed by atoms with E-state index in [1.165, 1.54) is 0 Å². The van der Waals surface area contributed by atoms with Gasteiger partial charge < -0.3 is 5.32 Å². The van der Waals surface area contributed by atoms with Crippen molar-refractivity contribution >= 4 is 5.91 Å². The third-order valence-corrected chi connectivity index (χ3v) is 2.88. The van der Waals surface area contributed by atoms with E-state index in [0.717, 1.165) is 19.4 Å². The fraction of sp³-hybridized carbons (Fsp3) is 0.400. The summed E-state index contributed by atoms with van der Waals surface area (Å²) in [5.41, 5.74) is 0.703. The first-order valence-electron chi connectivity index (χ1n) is 6.24. The van der Waals surface area contributed by atoms with Crippen LogP contribution in [0.15, 0.2) is 48.1 Å². The Morgan fingerprint density at radius 3 is 2.71 bits per heavy atom. The largest absolute Gasteiger partial charge is 0.352 e. The van der Waals surface area contributed by atoms with E-state index >= 15 is 0 Å². The molecule has 17 heavy (non-hydrogen) atoms. The number of hydrogen-bond acceptors (Lipinski definition) is 1. The van der Waals surface area contributed by atoms with Crippen LogP contribution in [-0.4, -0.2) is 12.5 Å². The molecule has 1 aliphatic rings. The van der Waals surface area contributed by atoms with Crippen molar-refractivity contribution in [2.45, 2.75) is 26.7 Å². The summed E-state index contributed by atoms with van der Waals surface area (Å²) in [6, 6.07) is 0. The van der Waals surface area contributed by atoms with Gasteiger partial charge in [0.1, 0.15) is 0 Å². The third kappa shape index (κ3) is 5.34. The lowest BCUT2D eigenvalue weighted by molar-refractivity contribution is -0.117. The summed E-state index contributed by atoms with van der Waals surface area (Å²) in [5, 5.41) is 2.95. The molecule has 0 aromatic carbocycles. The average Bonchev–Trinajstić information content (AvgIpc) is 2.28. The van der Waals surface area contributed by atoms with Gasteiger partial charge in [0.05, 0.1) is 0 Å². The van der Waals surface area contributed by atoms with Gasteiger partial charge in [-0.1, -0.05) is 50.6 Å². The van der Waals surface area contributed by atoms with Gasteiger partial charge in [-0.15, -0.1) is 0 Å². The minimum Gasteiger partial charge on any atom is -0.352 e. The lowest BCUT2D eigenvalue weighted by Gasteiger charge is -2.09. The van der Waals surface area contributed by atoms with Crippen LogP contribution in [0, 0.1) is 5.92 Å². The number of carbonyl (C=O) groups is 1. The van der Waals surface area contributed by atoms with Crippen molar-refractivity contribution in [2.75, 3.05) is 6.54 Å². The first-order chi connectivity index (χ1) is 8.24. The van der Waals surface area contributed by atoms with Gasteiger partial charge in [0, 0.05) is 12.1 Å². The molecule has 1 aliphatic carbocycles. The first kappa shape index (κ1) is 13.5. The minimum absolute atomic E-state index is 0.00417. The molecule has 1 rings (SSSR count). The lowest BCUT2D eigenvalue weighted by Crippen LogP contribution is -2.26. The first-order valence-corrected chi connectivity index (χ1v) is 6.24. The van der Waals surface area contributed by atoms with E-state index in [1.54, 1.807) is 0 Å². The molecule has 1 amide bonds. The van der Waals surface area contributed by atoms with Crippen molar-refractivity contribution in [3.8, 4) is 0 Å². The highest BCUT2D eigenvalue weighted by Gasteiger charge is 2.05. The van der Waals surface area contributed by atoms with Gasteiger partial charge in [0.15, 0.2) is 0 Å². The molecular formula is C15H21NO. The molecule has 0 unspecified atom stereocenters. The van der Waals surface area contributed by atoms with Crippen molar-refractivity contribution in [2.24, 2.45) is 5.92 Å². The third-order valence-electron chi connectivity index (χ3n) is 2.88. The molecule has 0 aromatic heterocycles. The molecule has 0 fully saturated rings. The zero-order valence-corrected chi connectivity index (χ0v) is 10.6. The van der Waals surface area contributed by atoms with E-state index in [2.05, 4.69) is 19.2 Å². The Morgan fingerprint density at radius 2 is 1.94 bits per heavy atom. The van der Waals surface area contributed by atoms with Gasteiger partial charge >= 0.3 is 0 Å². The molecule has 92 valence electrons. The van der Waals surface area contributed by atoms with Crippen molar-refractivity contribution < 1.29 is 4.79 Å². The molecule has 0 aliphatic heterocycles. The maximum atomic E-state index is 11.8. The SMILES string of the molecule is CC[C@H](C)CCNC(=O)C1=C/C=C\C=C/C=C\1. The number of amides is 1. The van der Waals surface area contributed by atoms with Gasteiger partial charge in [0.2, 0.25) is 0 Å². The summed E-state index contributed by atoms with van der Waals surface area (Å²) in [6.07, 6.45) is 15.4. The van der Waals surface area contributed by atoms with Crippen LogP contribution < -0.4 is 5.32 Å². The highest BCUT2D eigenvalue weighted by atomic mass is 16.1. The predicted octanol–water partition coefficient (Wildman–Crippen LogP) is 3.15. The summed E-state index contributed by atoms with van der Waals surface area (Å²) in [4.78, 5) is 11.8. The van der Waals surface area contributed by atoms with Gasteiger partial charge in [-0.05, 0) is 24.5 Å². The number of hydrogen-bond donors (Lipinski definition) is 1. The Kier molecular flexibility index (Phi) is 6.08. The predicted molar refractivity (Wildman–Crippen MR) is 72.6 cm³/mol. The van der Waals surface area contributed by atoms with Gasteiger partial charge in [0.25, 0.3) is 5.91 Å². The summed E-state index contributed by atoms with van der Waals surface area (Å²) in [7, 11) is 0. The second kappa shape index (κ2) is 7.66. The van der Waals surface area contributed by atoms with E-state index in [0.29, 0.717) is 11.5 Å². The Morgan fingerprint density at radius 1 is 1.24 bits per heavy atom. The summed E-state index contributed by atoms with van der Waals surface area (Å²) < 4.78 is 0. The zero-order chi connectivity index (χ0) is 12.5. The fourth-order valence-corrected chi connectivity index (χ4v) is 1.46. The topological polar surface area (TPSA) is 29.1 Å². The van der Waals surface area contributed by atoms with Gasteiger partial charge in [-0.3, -0.25) is 4.79 Å². The summed E-state index contributed by atoms with van der Waals surface area (Å²) in [5.74, 6) is 0.671.